The zero-order chi connectivity index (χ0) is 12.0. The monoisotopic (exact) mass is 216 g/mol. The van der Waals surface area contributed by atoms with Crippen molar-refractivity contribution in [1.82, 2.24) is 5.32 Å². The topological polar surface area (TPSA) is 52.9 Å². The molecular formula is C13H16N2O. The molecule has 1 rings (SSSR count). The van der Waals surface area contributed by atoms with Gasteiger partial charge in [0.2, 0.25) is 5.91 Å². The highest BCUT2D eigenvalue weighted by atomic mass is 16.2. The molecule has 3 nitrogen and oxygen atoms in total. The number of nitrogens with zero attached hydrogens (tertiary/aromatic N) is 1. The molecule has 0 aliphatic heterocycles. The molecule has 0 unspecified atom stereocenters. The van der Waals surface area contributed by atoms with Crippen molar-refractivity contribution in [2.45, 2.75) is 20.3 Å². The van der Waals surface area contributed by atoms with Crippen molar-refractivity contribution >= 4 is 5.91 Å². The summed E-state index contributed by atoms with van der Waals surface area (Å²) < 4.78 is 0. The van der Waals surface area contributed by atoms with Gasteiger partial charge in [0.05, 0.1) is 6.07 Å². The largest absolute Gasteiger partial charge is 0.354 e. The molecular weight excluding hydrogens is 200 g/mol. The van der Waals surface area contributed by atoms with Crippen molar-refractivity contribution in [2.24, 2.45) is 5.41 Å². The minimum absolute atomic E-state index is 0.217. The van der Waals surface area contributed by atoms with Crippen LogP contribution < -0.4 is 5.32 Å². The third-order valence-electron chi connectivity index (χ3n) is 2.39. The van der Waals surface area contributed by atoms with E-state index < -0.39 is 5.41 Å². The number of rotatable bonds is 4. The number of hydrogen-bond donors (Lipinski definition) is 1. The summed E-state index contributed by atoms with van der Waals surface area (Å²) in [5.41, 5.74) is 0.231. The molecule has 0 saturated carbocycles. The van der Waals surface area contributed by atoms with Crippen molar-refractivity contribution in [3.8, 4) is 6.07 Å². The van der Waals surface area contributed by atoms with Gasteiger partial charge in [-0.1, -0.05) is 30.3 Å². The number of carbonyl (C=O) groups excluding carboxylic acids is 1. The average molecular weight is 216 g/mol. The quantitative estimate of drug-likeness (QED) is 0.835. The Morgan fingerprint density at radius 3 is 2.56 bits per heavy atom. The molecule has 0 spiro atoms. The fourth-order valence-electron chi connectivity index (χ4n) is 1.24. The first-order valence-corrected chi connectivity index (χ1v) is 5.30. The third kappa shape index (κ3) is 3.39. The van der Waals surface area contributed by atoms with Crippen LogP contribution >= 0.6 is 0 Å². The molecule has 0 aromatic heterocycles. The molecule has 1 N–H and O–H groups in total. The molecule has 1 aromatic rings. The van der Waals surface area contributed by atoms with Gasteiger partial charge in [-0.05, 0) is 25.8 Å². The first-order chi connectivity index (χ1) is 7.56. The lowest BCUT2D eigenvalue weighted by molar-refractivity contribution is -0.126. The molecule has 0 aliphatic rings. The third-order valence-corrected chi connectivity index (χ3v) is 2.39. The summed E-state index contributed by atoms with van der Waals surface area (Å²) in [5, 5.41) is 11.5. The Labute approximate surface area is 96.1 Å². The van der Waals surface area contributed by atoms with E-state index in [0.29, 0.717) is 6.54 Å². The fraction of sp³-hybridized carbons (Fsp3) is 0.385. The molecule has 0 bridgehead atoms. The molecule has 1 aromatic carbocycles. The lowest BCUT2D eigenvalue weighted by Crippen LogP contribution is -2.36. The van der Waals surface area contributed by atoms with Gasteiger partial charge < -0.3 is 5.32 Å². The number of hydrogen-bond acceptors (Lipinski definition) is 2. The van der Waals surface area contributed by atoms with E-state index in [-0.39, 0.29) is 5.91 Å². The predicted molar refractivity (Wildman–Crippen MR) is 62.5 cm³/mol. The zero-order valence-corrected chi connectivity index (χ0v) is 9.66. The van der Waals surface area contributed by atoms with E-state index in [1.807, 2.05) is 36.4 Å². The Morgan fingerprint density at radius 1 is 1.38 bits per heavy atom. The lowest BCUT2D eigenvalue weighted by Gasteiger charge is -2.14. The standard InChI is InChI=1S/C13H16N2O/c1-13(2,10-14)12(16)15-9-8-11-6-4-3-5-7-11/h3-7H,8-9H2,1-2H3,(H,15,16). The molecule has 0 atom stereocenters. The van der Waals surface area contributed by atoms with Crippen molar-refractivity contribution in [3.63, 3.8) is 0 Å². The summed E-state index contributed by atoms with van der Waals surface area (Å²) in [7, 11) is 0. The number of carbonyl (C=O) groups is 1. The SMILES string of the molecule is CC(C)(C#N)C(=O)NCCc1ccccc1. The summed E-state index contributed by atoms with van der Waals surface area (Å²) >= 11 is 0. The second kappa shape index (κ2) is 5.32. The van der Waals surface area contributed by atoms with Gasteiger partial charge in [-0.25, -0.2) is 0 Å². The van der Waals surface area contributed by atoms with Gasteiger partial charge in [0, 0.05) is 6.54 Å². The molecule has 3 heteroatoms. The number of nitriles is 1. The highest BCUT2D eigenvalue weighted by Gasteiger charge is 2.26. The Morgan fingerprint density at radius 2 is 2.00 bits per heavy atom. The van der Waals surface area contributed by atoms with Crippen molar-refractivity contribution < 1.29 is 4.79 Å². The first kappa shape index (κ1) is 12.3. The van der Waals surface area contributed by atoms with E-state index in [9.17, 15) is 4.79 Å². The maximum absolute atomic E-state index is 11.6. The van der Waals surface area contributed by atoms with Gasteiger partial charge in [-0.15, -0.1) is 0 Å². The maximum Gasteiger partial charge on any atom is 0.239 e. The van der Waals surface area contributed by atoms with Crippen LogP contribution in [0.2, 0.25) is 0 Å². The van der Waals surface area contributed by atoms with E-state index in [4.69, 9.17) is 5.26 Å². The van der Waals surface area contributed by atoms with E-state index in [1.54, 1.807) is 13.8 Å². The van der Waals surface area contributed by atoms with Gasteiger partial charge in [-0.2, -0.15) is 5.26 Å². The van der Waals surface area contributed by atoms with Crippen molar-refractivity contribution in [3.05, 3.63) is 35.9 Å². The molecule has 0 radical (unpaired) electrons. The van der Waals surface area contributed by atoms with E-state index >= 15 is 0 Å². The summed E-state index contributed by atoms with van der Waals surface area (Å²) in [5.74, 6) is -0.217. The van der Waals surface area contributed by atoms with Crippen LogP contribution in [0.1, 0.15) is 19.4 Å². The highest BCUT2D eigenvalue weighted by molar-refractivity contribution is 5.84. The van der Waals surface area contributed by atoms with Gasteiger partial charge >= 0.3 is 0 Å². The molecule has 0 fully saturated rings. The van der Waals surface area contributed by atoms with Gasteiger partial charge in [-0.3, -0.25) is 4.79 Å². The van der Waals surface area contributed by atoms with Crippen LogP contribution in [0.15, 0.2) is 30.3 Å². The first-order valence-electron chi connectivity index (χ1n) is 5.30. The molecule has 0 saturated heterocycles. The van der Waals surface area contributed by atoms with Crippen LogP contribution in [0.4, 0.5) is 0 Å². The van der Waals surface area contributed by atoms with Gasteiger partial charge in [0.15, 0.2) is 0 Å². The lowest BCUT2D eigenvalue weighted by atomic mass is 9.95. The highest BCUT2D eigenvalue weighted by Crippen LogP contribution is 2.12. The van der Waals surface area contributed by atoms with Crippen LogP contribution in [-0.4, -0.2) is 12.5 Å². The summed E-state index contributed by atoms with van der Waals surface area (Å²) in [4.78, 5) is 11.6. The van der Waals surface area contributed by atoms with Gasteiger partial charge in [0.1, 0.15) is 5.41 Å². The predicted octanol–water partition coefficient (Wildman–Crippen LogP) is 1.90. The number of nitrogens with one attached hydrogen (secondary N) is 1. The smallest absolute Gasteiger partial charge is 0.239 e. The fourth-order valence-corrected chi connectivity index (χ4v) is 1.24. The number of amides is 1. The van der Waals surface area contributed by atoms with E-state index in [1.165, 1.54) is 5.56 Å². The molecule has 1 amide bonds. The van der Waals surface area contributed by atoms with Crippen molar-refractivity contribution in [2.75, 3.05) is 6.54 Å². The molecule has 0 heterocycles. The summed E-state index contributed by atoms with van der Waals surface area (Å²) in [6, 6.07) is 11.9. The molecule has 0 aliphatic carbocycles. The average Bonchev–Trinajstić information content (AvgIpc) is 2.30. The van der Waals surface area contributed by atoms with Crippen LogP contribution in [0.25, 0.3) is 0 Å². The van der Waals surface area contributed by atoms with Crippen LogP contribution in [0.3, 0.4) is 0 Å². The number of benzene rings is 1. The van der Waals surface area contributed by atoms with E-state index in [0.717, 1.165) is 6.42 Å². The van der Waals surface area contributed by atoms with Gasteiger partial charge in [0.25, 0.3) is 0 Å². The Kier molecular flexibility index (Phi) is 4.07. The van der Waals surface area contributed by atoms with E-state index in [2.05, 4.69) is 5.32 Å². The maximum atomic E-state index is 11.6. The Balaban J connectivity index is 2.38. The zero-order valence-electron chi connectivity index (χ0n) is 9.66. The minimum atomic E-state index is -0.948. The molecule has 84 valence electrons. The van der Waals surface area contributed by atoms with Crippen LogP contribution in [-0.2, 0) is 11.2 Å². The van der Waals surface area contributed by atoms with Crippen molar-refractivity contribution in [1.29, 1.82) is 5.26 Å². The normalized spacial score (nSPS) is 10.6. The Bertz CT molecular complexity index is 390. The minimum Gasteiger partial charge on any atom is -0.354 e. The molecule has 16 heavy (non-hydrogen) atoms. The second-order valence-electron chi connectivity index (χ2n) is 4.23. The van der Waals surface area contributed by atoms with Crippen LogP contribution in [0, 0.1) is 16.7 Å². The second-order valence-corrected chi connectivity index (χ2v) is 4.23. The van der Waals surface area contributed by atoms with Crippen LogP contribution in [0.5, 0.6) is 0 Å². The summed E-state index contributed by atoms with van der Waals surface area (Å²) in [6.45, 7) is 3.80. The Hall–Kier alpha value is -1.82. The summed E-state index contributed by atoms with van der Waals surface area (Å²) in [6.07, 6.45) is 0.786.